The van der Waals surface area contributed by atoms with Gasteiger partial charge >= 0.3 is 6.09 Å². The Morgan fingerprint density at radius 3 is 2.58 bits per heavy atom. The lowest BCUT2D eigenvalue weighted by Gasteiger charge is -2.14. The van der Waals surface area contributed by atoms with Gasteiger partial charge in [-0.1, -0.05) is 60.7 Å². The largest absolute Gasteiger partial charge is 0.449 e. The predicted molar refractivity (Wildman–Crippen MR) is 123 cm³/mol. The molecule has 0 atom stereocenters. The molecule has 0 fully saturated rings. The van der Waals surface area contributed by atoms with Gasteiger partial charge in [-0.15, -0.1) is 0 Å². The summed E-state index contributed by atoms with van der Waals surface area (Å²) in [6, 6.07) is 20.7. The van der Waals surface area contributed by atoms with Crippen LogP contribution in [0.15, 0.2) is 79.1 Å². The zero-order valence-corrected chi connectivity index (χ0v) is 17.0. The van der Waals surface area contributed by atoms with Gasteiger partial charge in [-0.3, -0.25) is 0 Å². The van der Waals surface area contributed by atoms with Gasteiger partial charge in [0.2, 0.25) is 0 Å². The van der Waals surface area contributed by atoms with E-state index < -0.39 is 0 Å². The third-order valence-electron chi connectivity index (χ3n) is 5.66. The van der Waals surface area contributed by atoms with Gasteiger partial charge < -0.3 is 15.0 Å². The first-order valence-electron chi connectivity index (χ1n) is 10.5. The van der Waals surface area contributed by atoms with Gasteiger partial charge in [-0.2, -0.15) is 0 Å². The molecule has 2 aromatic heterocycles. The monoisotopic (exact) mass is 409 g/mol. The highest BCUT2D eigenvalue weighted by Gasteiger charge is 2.28. The summed E-state index contributed by atoms with van der Waals surface area (Å²) < 4.78 is 5.56. The second-order valence-electron chi connectivity index (χ2n) is 7.63. The zero-order valence-electron chi connectivity index (χ0n) is 17.0. The summed E-state index contributed by atoms with van der Waals surface area (Å²) in [7, 11) is 0. The van der Waals surface area contributed by atoms with Crippen molar-refractivity contribution < 1.29 is 9.53 Å². The predicted octanol–water partition coefficient (Wildman–Crippen LogP) is 5.50. The second kappa shape index (κ2) is 8.48. The van der Waals surface area contributed by atoms with Crippen molar-refractivity contribution in [2.45, 2.75) is 12.3 Å². The topological polar surface area (TPSA) is 67.0 Å². The molecular formula is C26H23N3O2. The third-order valence-corrected chi connectivity index (χ3v) is 5.66. The van der Waals surface area contributed by atoms with Crippen LogP contribution in [0.4, 0.5) is 4.79 Å². The van der Waals surface area contributed by atoms with E-state index >= 15 is 0 Å². The Morgan fingerprint density at radius 1 is 1.06 bits per heavy atom. The molecule has 5 rings (SSSR count). The van der Waals surface area contributed by atoms with E-state index in [0.29, 0.717) is 13.2 Å². The van der Waals surface area contributed by atoms with Crippen LogP contribution in [0.3, 0.4) is 0 Å². The zero-order chi connectivity index (χ0) is 21.0. The molecule has 2 aromatic carbocycles. The number of aromatic amines is 1. The number of rotatable bonds is 6. The van der Waals surface area contributed by atoms with Gasteiger partial charge in [0.15, 0.2) is 0 Å². The number of pyridine rings is 1. The van der Waals surface area contributed by atoms with Gasteiger partial charge in [0.25, 0.3) is 0 Å². The van der Waals surface area contributed by atoms with Crippen molar-refractivity contribution in [1.29, 1.82) is 0 Å². The van der Waals surface area contributed by atoms with Crippen LogP contribution in [0.2, 0.25) is 0 Å². The molecule has 5 heteroatoms. The lowest BCUT2D eigenvalue weighted by molar-refractivity contribution is 0.143. The number of carbonyl (C=O) groups excluding carboxylic acids is 1. The molecule has 154 valence electrons. The fourth-order valence-electron chi connectivity index (χ4n) is 4.17. The molecule has 0 saturated heterocycles. The lowest BCUT2D eigenvalue weighted by Crippen LogP contribution is -2.26. The van der Waals surface area contributed by atoms with E-state index in [1.54, 1.807) is 0 Å². The molecule has 2 heterocycles. The van der Waals surface area contributed by atoms with E-state index in [1.165, 1.54) is 22.3 Å². The molecule has 0 aliphatic heterocycles. The standard InChI is InChI=1S/C26H23N3O2/c30-26(28-13-6-5-7-18-15-19-12-14-27-25(19)29-16-18)31-17-24-22-10-3-1-8-20(22)21-9-2-4-11-23(21)24/h1-5,7-12,14-16,24H,6,13,17H2,(H,27,29)(H,28,30). The van der Waals surface area contributed by atoms with E-state index in [4.69, 9.17) is 4.74 Å². The van der Waals surface area contributed by atoms with Gasteiger partial charge in [-0.05, 0) is 46.4 Å². The molecule has 0 radical (unpaired) electrons. The van der Waals surface area contributed by atoms with E-state index in [2.05, 4.69) is 45.6 Å². The van der Waals surface area contributed by atoms with Crippen LogP contribution in [-0.2, 0) is 4.74 Å². The molecular weight excluding hydrogens is 386 g/mol. The quantitative estimate of drug-likeness (QED) is 0.413. The van der Waals surface area contributed by atoms with Gasteiger partial charge in [0, 0.05) is 30.2 Å². The Kier molecular flexibility index (Phi) is 5.23. The normalized spacial score (nSPS) is 12.8. The lowest BCUT2D eigenvalue weighted by atomic mass is 9.98. The first-order chi connectivity index (χ1) is 15.3. The van der Waals surface area contributed by atoms with Gasteiger partial charge in [0.1, 0.15) is 12.3 Å². The Labute approximate surface area is 180 Å². The Hall–Kier alpha value is -3.86. The smallest absolute Gasteiger partial charge is 0.407 e. The van der Waals surface area contributed by atoms with Crippen molar-refractivity contribution in [3.05, 3.63) is 95.8 Å². The number of carbonyl (C=O) groups is 1. The highest BCUT2D eigenvalue weighted by molar-refractivity contribution is 5.79. The molecule has 2 N–H and O–H groups in total. The van der Waals surface area contributed by atoms with Crippen LogP contribution in [0.1, 0.15) is 29.0 Å². The number of H-pyrrole nitrogens is 1. The van der Waals surface area contributed by atoms with Crippen LogP contribution in [0, 0.1) is 0 Å². The second-order valence-corrected chi connectivity index (χ2v) is 7.63. The molecule has 5 nitrogen and oxygen atoms in total. The molecule has 1 aliphatic rings. The molecule has 1 aliphatic carbocycles. The summed E-state index contributed by atoms with van der Waals surface area (Å²) in [4.78, 5) is 19.7. The van der Waals surface area contributed by atoms with E-state index in [9.17, 15) is 4.79 Å². The van der Waals surface area contributed by atoms with Gasteiger partial charge in [-0.25, -0.2) is 9.78 Å². The fourth-order valence-corrected chi connectivity index (χ4v) is 4.17. The molecule has 31 heavy (non-hydrogen) atoms. The van der Waals surface area contributed by atoms with Crippen molar-refractivity contribution in [1.82, 2.24) is 15.3 Å². The minimum Gasteiger partial charge on any atom is -0.449 e. The number of amides is 1. The molecule has 0 unspecified atom stereocenters. The van der Waals surface area contributed by atoms with E-state index in [0.717, 1.165) is 23.0 Å². The summed E-state index contributed by atoms with van der Waals surface area (Å²) >= 11 is 0. The van der Waals surface area contributed by atoms with Crippen LogP contribution in [0.25, 0.3) is 28.2 Å². The summed E-state index contributed by atoms with van der Waals surface area (Å²) in [5, 5.41) is 3.92. The van der Waals surface area contributed by atoms with Crippen molar-refractivity contribution in [2.24, 2.45) is 0 Å². The van der Waals surface area contributed by atoms with Crippen LogP contribution < -0.4 is 5.32 Å². The fraction of sp³-hybridized carbons (Fsp3) is 0.154. The maximum atomic E-state index is 12.2. The number of ether oxygens (including phenoxy) is 1. The minimum absolute atomic E-state index is 0.0777. The number of hydrogen-bond acceptors (Lipinski definition) is 3. The van der Waals surface area contributed by atoms with Crippen LogP contribution in [-0.4, -0.2) is 29.2 Å². The molecule has 0 saturated carbocycles. The van der Waals surface area contributed by atoms with E-state index in [1.807, 2.05) is 54.9 Å². The molecule has 1 amide bonds. The third kappa shape index (κ3) is 3.94. The number of alkyl carbamates (subject to hydrolysis) is 1. The number of nitrogens with one attached hydrogen (secondary N) is 2. The Bertz CT molecular complexity index is 1210. The molecule has 0 spiro atoms. The highest BCUT2D eigenvalue weighted by atomic mass is 16.5. The van der Waals surface area contributed by atoms with Crippen molar-refractivity contribution in [3.8, 4) is 11.1 Å². The average molecular weight is 409 g/mol. The van der Waals surface area contributed by atoms with Crippen LogP contribution in [0.5, 0.6) is 0 Å². The van der Waals surface area contributed by atoms with Crippen molar-refractivity contribution in [2.75, 3.05) is 13.2 Å². The average Bonchev–Trinajstić information content (AvgIpc) is 3.40. The maximum Gasteiger partial charge on any atom is 0.407 e. The summed E-state index contributed by atoms with van der Waals surface area (Å²) in [6.07, 6.45) is 8.08. The summed E-state index contributed by atoms with van der Waals surface area (Å²) in [6.45, 7) is 0.852. The summed E-state index contributed by atoms with van der Waals surface area (Å²) in [5.41, 5.74) is 6.80. The molecule has 0 bridgehead atoms. The number of hydrogen-bond donors (Lipinski definition) is 2. The van der Waals surface area contributed by atoms with E-state index in [-0.39, 0.29) is 12.0 Å². The Morgan fingerprint density at radius 2 is 1.81 bits per heavy atom. The first kappa shape index (κ1) is 19.1. The van der Waals surface area contributed by atoms with Crippen molar-refractivity contribution >= 4 is 23.2 Å². The van der Waals surface area contributed by atoms with Crippen LogP contribution >= 0.6 is 0 Å². The number of aromatic nitrogens is 2. The highest BCUT2D eigenvalue weighted by Crippen LogP contribution is 2.44. The summed E-state index contributed by atoms with van der Waals surface area (Å²) in [5.74, 6) is 0.0777. The van der Waals surface area contributed by atoms with Crippen molar-refractivity contribution in [3.63, 3.8) is 0 Å². The maximum absolute atomic E-state index is 12.2. The number of fused-ring (bicyclic) bond motifs is 4. The SMILES string of the molecule is O=C(NCCC=Cc1cnc2[nH]ccc2c1)OCC1c2ccccc2-c2ccccc21. The number of benzene rings is 2. The Balaban J connectivity index is 1.12. The van der Waals surface area contributed by atoms with Gasteiger partial charge in [0.05, 0.1) is 0 Å². The first-order valence-corrected chi connectivity index (χ1v) is 10.5. The minimum atomic E-state index is -0.384. The number of nitrogens with zero attached hydrogens (tertiary/aromatic N) is 1. The molecule has 4 aromatic rings.